The predicted octanol–water partition coefficient (Wildman–Crippen LogP) is 5.59. The highest BCUT2D eigenvalue weighted by molar-refractivity contribution is 8.13. The van der Waals surface area contributed by atoms with E-state index in [1.807, 2.05) is 0 Å². The van der Waals surface area contributed by atoms with E-state index in [1.165, 1.54) is 34.2 Å². The number of hydrogen-bond acceptors (Lipinski definition) is 5. The molecule has 154 valence electrons. The lowest BCUT2D eigenvalue weighted by molar-refractivity contribution is -0.116. The number of aromatic nitrogens is 1. The Bertz CT molecular complexity index is 996. The summed E-state index contributed by atoms with van der Waals surface area (Å²) in [5.41, 5.74) is 5.35. The van der Waals surface area contributed by atoms with E-state index >= 15 is 0 Å². The SMILES string of the molecule is Cc1ccc(-c2nc(NC(=O)CCN3CCSC3=O)sc2-c2ccc(C)cc2)cc1. The number of thioether (sulfide) groups is 1. The molecule has 3 aromatic rings. The summed E-state index contributed by atoms with van der Waals surface area (Å²) in [4.78, 5) is 31.7. The van der Waals surface area contributed by atoms with Crippen LogP contribution >= 0.6 is 23.1 Å². The highest BCUT2D eigenvalue weighted by Crippen LogP contribution is 2.39. The number of aryl methyl sites for hydroxylation is 2. The van der Waals surface area contributed by atoms with Crippen LogP contribution in [0.1, 0.15) is 17.5 Å². The average molecular weight is 438 g/mol. The molecule has 1 aliphatic heterocycles. The molecule has 1 aromatic heterocycles. The minimum atomic E-state index is -0.126. The number of nitrogens with one attached hydrogen (secondary N) is 1. The minimum absolute atomic E-state index is 0.0559. The van der Waals surface area contributed by atoms with Crippen molar-refractivity contribution in [3.05, 3.63) is 59.7 Å². The Labute approximate surface area is 184 Å². The zero-order chi connectivity index (χ0) is 21.1. The van der Waals surface area contributed by atoms with Gasteiger partial charge in [-0.1, -0.05) is 82.8 Å². The van der Waals surface area contributed by atoms with Gasteiger partial charge in [0.2, 0.25) is 5.91 Å². The monoisotopic (exact) mass is 437 g/mol. The Morgan fingerprint density at radius 1 is 1.03 bits per heavy atom. The van der Waals surface area contributed by atoms with Crippen LogP contribution in [0.5, 0.6) is 0 Å². The van der Waals surface area contributed by atoms with Crippen molar-refractivity contribution in [2.24, 2.45) is 0 Å². The van der Waals surface area contributed by atoms with Crippen LogP contribution in [-0.2, 0) is 4.79 Å². The van der Waals surface area contributed by atoms with E-state index in [0.29, 0.717) is 18.2 Å². The van der Waals surface area contributed by atoms with Crippen molar-refractivity contribution in [3.8, 4) is 21.7 Å². The molecule has 1 fully saturated rings. The Hall–Kier alpha value is -2.64. The van der Waals surface area contributed by atoms with Crippen molar-refractivity contribution < 1.29 is 9.59 Å². The zero-order valence-corrected chi connectivity index (χ0v) is 18.6. The second-order valence-electron chi connectivity index (χ2n) is 7.33. The molecular weight excluding hydrogens is 414 g/mol. The Kier molecular flexibility index (Phi) is 6.20. The largest absolute Gasteiger partial charge is 0.332 e. The van der Waals surface area contributed by atoms with Gasteiger partial charge in [0.15, 0.2) is 5.13 Å². The molecule has 0 unspecified atom stereocenters. The van der Waals surface area contributed by atoms with Crippen LogP contribution in [0.2, 0.25) is 0 Å². The van der Waals surface area contributed by atoms with Gasteiger partial charge in [-0.25, -0.2) is 4.98 Å². The first-order valence-electron chi connectivity index (χ1n) is 9.86. The molecule has 0 bridgehead atoms. The van der Waals surface area contributed by atoms with Crippen LogP contribution in [0.15, 0.2) is 48.5 Å². The molecule has 0 spiro atoms. The zero-order valence-electron chi connectivity index (χ0n) is 17.0. The van der Waals surface area contributed by atoms with Crippen molar-refractivity contribution >= 4 is 39.4 Å². The number of rotatable bonds is 6. The molecule has 0 aliphatic carbocycles. The van der Waals surface area contributed by atoms with Crippen LogP contribution in [-0.4, -0.2) is 39.9 Å². The van der Waals surface area contributed by atoms with Gasteiger partial charge in [-0.05, 0) is 19.4 Å². The molecule has 1 aliphatic rings. The smallest absolute Gasteiger partial charge is 0.281 e. The van der Waals surface area contributed by atoms with E-state index in [2.05, 4.69) is 67.7 Å². The second-order valence-corrected chi connectivity index (χ2v) is 9.37. The first-order valence-corrected chi connectivity index (χ1v) is 11.7. The lowest BCUT2D eigenvalue weighted by atomic mass is 10.0. The molecular formula is C23H23N3O2S2. The number of carbonyl (C=O) groups is 2. The minimum Gasteiger partial charge on any atom is -0.332 e. The normalized spacial score (nSPS) is 13.7. The standard InChI is InChI=1S/C23H23N3O2S2/c1-15-3-7-17(8-4-15)20-21(18-9-5-16(2)6-10-18)30-22(25-20)24-19(27)11-12-26-13-14-29-23(26)28/h3-10H,11-14H2,1-2H3,(H,24,25,27). The van der Waals surface area contributed by atoms with Gasteiger partial charge in [0, 0.05) is 30.8 Å². The molecule has 0 radical (unpaired) electrons. The van der Waals surface area contributed by atoms with E-state index in [1.54, 1.807) is 4.90 Å². The van der Waals surface area contributed by atoms with E-state index in [-0.39, 0.29) is 17.6 Å². The lowest BCUT2D eigenvalue weighted by Gasteiger charge is -2.13. The molecule has 30 heavy (non-hydrogen) atoms. The molecule has 5 nitrogen and oxygen atoms in total. The lowest BCUT2D eigenvalue weighted by Crippen LogP contribution is -2.27. The van der Waals surface area contributed by atoms with E-state index in [0.717, 1.165) is 27.5 Å². The van der Waals surface area contributed by atoms with Crippen LogP contribution in [0.4, 0.5) is 9.93 Å². The third-order valence-corrected chi connectivity index (χ3v) is 6.88. The second kappa shape index (κ2) is 9.02. The average Bonchev–Trinajstić information content (AvgIpc) is 3.34. The van der Waals surface area contributed by atoms with Gasteiger partial charge in [0.05, 0.1) is 10.6 Å². The number of amides is 2. The fourth-order valence-electron chi connectivity index (χ4n) is 3.23. The quantitative estimate of drug-likeness (QED) is 0.546. The first kappa shape index (κ1) is 20.6. The van der Waals surface area contributed by atoms with Crippen molar-refractivity contribution in [2.75, 3.05) is 24.2 Å². The third-order valence-electron chi connectivity index (χ3n) is 4.97. The first-order chi connectivity index (χ1) is 14.5. The van der Waals surface area contributed by atoms with Crippen LogP contribution in [0.3, 0.4) is 0 Å². The fourth-order valence-corrected chi connectivity index (χ4v) is 5.09. The maximum absolute atomic E-state index is 12.5. The van der Waals surface area contributed by atoms with Gasteiger partial charge < -0.3 is 10.2 Å². The Balaban J connectivity index is 1.56. The summed E-state index contributed by atoms with van der Waals surface area (Å²) in [5.74, 6) is 0.673. The maximum atomic E-state index is 12.5. The molecule has 2 amide bonds. The molecule has 2 aromatic carbocycles. The fraction of sp³-hybridized carbons (Fsp3) is 0.261. The van der Waals surface area contributed by atoms with Crippen molar-refractivity contribution in [1.29, 1.82) is 0 Å². The third kappa shape index (κ3) is 4.74. The van der Waals surface area contributed by atoms with E-state index in [4.69, 9.17) is 4.98 Å². The van der Waals surface area contributed by atoms with Gasteiger partial charge in [-0.15, -0.1) is 0 Å². The molecule has 7 heteroatoms. The summed E-state index contributed by atoms with van der Waals surface area (Å²) in [6.07, 6.45) is 0.269. The van der Waals surface area contributed by atoms with Crippen molar-refractivity contribution in [1.82, 2.24) is 9.88 Å². The van der Waals surface area contributed by atoms with Gasteiger partial charge in [-0.2, -0.15) is 0 Å². The highest BCUT2D eigenvalue weighted by atomic mass is 32.2. The number of carbonyl (C=O) groups excluding carboxylic acids is 2. The predicted molar refractivity (Wildman–Crippen MR) is 125 cm³/mol. The molecule has 0 atom stereocenters. The Morgan fingerprint density at radius 3 is 2.27 bits per heavy atom. The number of thiazole rings is 1. The van der Waals surface area contributed by atoms with Crippen LogP contribution in [0, 0.1) is 13.8 Å². The Morgan fingerprint density at radius 2 is 1.67 bits per heavy atom. The van der Waals surface area contributed by atoms with Crippen LogP contribution in [0.25, 0.3) is 21.7 Å². The summed E-state index contributed by atoms with van der Waals surface area (Å²) < 4.78 is 0. The van der Waals surface area contributed by atoms with E-state index in [9.17, 15) is 9.59 Å². The van der Waals surface area contributed by atoms with E-state index < -0.39 is 0 Å². The summed E-state index contributed by atoms with van der Waals surface area (Å²) in [6.45, 7) is 5.27. The topological polar surface area (TPSA) is 62.3 Å². The van der Waals surface area contributed by atoms with Crippen molar-refractivity contribution in [2.45, 2.75) is 20.3 Å². The maximum Gasteiger partial charge on any atom is 0.281 e. The number of nitrogens with zero attached hydrogens (tertiary/aromatic N) is 2. The number of anilines is 1. The summed E-state index contributed by atoms with van der Waals surface area (Å²) >= 11 is 2.79. The van der Waals surface area contributed by atoms with Crippen molar-refractivity contribution in [3.63, 3.8) is 0 Å². The molecule has 1 saturated heterocycles. The highest BCUT2D eigenvalue weighted by Gasteiger charge is 2.22. The summed E-state index contributed by atoms with van der Waals surface area (Å²) in [7, 11) is 0. The molecule has 1 N–H and O–H groups in total. The van der Waals surface area contributed by atoms with Gasteiger partial charge in [0.1, 0.15) is 0 Å². The van der Waals surface area contributed by atoms with Gasteiger partial charge in [0.25, 0.3) is 5.24 Å². The number of benzene rings is 2. The molecule has 0 saturated carbocycles. The van der Waals surface area contributed by atoms with Gasteiger partial charge >= 0.3 is 0 Å². The molecule has 4 rings (SSSR count). The number of hydrogen-bond donors (Lipinski definition) is 1. The molecule has 2 heterocycles. The summed E-state index contributed by atoms with van der Waals surface area (Å²) in [5, 5.41) is 3.56. The van der Waals surface area contributed by atoms with Crippen LogP contribution < -0.4 is 5.32 Å². The summed E-state index contributed by atoms with van der Waals surface area (Å²) in [6, 6.07) is 16.6. The van der Waals surface area contributed by atoms with Gasteiger partial charge in [-0.3, -0.25) is 9.59 Å².